The monoisotopic (exact) mass is 424 g/mol. The van der Waals surface area contributed by atoms with Crippen LogP contribution in [0, 0.1) is 0 Å². The summed E-state index contributed by atoms with van der Waals surface area (Å²) in [6.07, 6.45) is -2.28. The van der Waals surface area contributed by atoms with E-state index in [4.69, 9.17) is 30.0 Å². The molecule has 0 aromatic rings. The first-order valence-electron chi connectivity index (χ1n) is 8.55. The second-order valence-electron chi connectivity index (χ2n) is 6.37. The average molecular weight is 424 g/mol. The Bertz CT molecular complexity index is 653. The summed E-state index contributed by atoms with van der Waals surface area (Å²) in [4.78, 5) is 25.8. The van der Waals surface area contributed by atoms with Crippen molar-refractivity contribution in [2.24, 2.45) is 16.5 Å². The van der Waals surface area contributed by atoms with E-state index in [1.165, 1.54) is 7.11 Å². The Hall–Kier alpha value is -0.890. The first-order valence-corrected chi connectivity index (χ1v) is 11.3. The number of nitrogens with two attached hydrogens (primary N) is 2. The van der Waals surface area contributed by atoms with Gasteiger partial charge in [-0.1, -0.05) is 0 Å². The molecule has 12 nitrogen and oxygen atoms in total. The minimum absolute atomic E-state index is 0.0189. The fourth-order valence-corrected chi connectivity index (χ4v) is 5.62. The number of thioether (sulfide) groups is 1. The molecule has 2 saturated heterocycles. The first kappa shape index (κ1) is 19.4. The molecule has 0 bridgehead atoms. The molecule has 0 spiro atoms. The molecule has 0 aliphatic carbocycles. The van der Waals surface area contributed by atoms with Crippen molar-refractivity contribution in [1.29, 1.82) is 0 Å². The Morgan fingerprint density at radius 2 is 2.30 bits per heavy atom. The van der Waals surface area contributed by atoms with Gasteiger partial charge in [0.15, 0.2) is 0 Å². The number of aliphatic imine (C=N–C) groups is 1. The third-order valence-electron chi connectivity index (χ3n) is 4.72. The second kappa shape index (κ2) is 7.50. The summed E-state index contributed by atoms with van der Waals surface area (Å²) in [7, 11) is -2.64. The maximum absolute atomic E-state index is 9.82. The van der Waals surface area contributed by atoms with Gasteiger partial charge in [-0.05, 0) is 0 Å². The van der Waals surface area contributed by atoms with Crippen LogP contribution in [-0.2, 0) is 18.5 Å². The van der Waals surface area contributed by atoms with Gasteiger partial charge in [0.2, 0.25) is 0 Å². The summed E-state index contributed by atoms with van der Waals surface area (Å²) in [6.45, 7) is 0.880. The van der Waals surface area contributed by atoms with Gasteiger partial charge < -0.3 is 0 Å². The molecule has 4 aliphatic heterocycles. The van der Waals surface area contributed by atoms with Crippen LogP contribution in [0.2, 0.25) is 0 Å². The zero-order chi connectivity index (χ0) is 19.2. The van der Waals surface area contributed by atoms with Crippen LogP contribution in [0.1, 0.15) is 0 Å². The molecule has 2 fully saturated rings. The Kier molecular flexibility index (Phi) is 5.40. The van der Waals surface area contributed by atoms with E-state index in [0.29, 0.717) is 30.5 Å². The summed E-state index contributed by atoms with van der Waals surface area (Å²) >= 11 is 1.59. The van der Waals surface area contributed by atoms with Crippen molar-refractivity contribution in [3.63, 3.8) is 0 Å². The average Bonchev–Trinajstić information content (AvgIpc) is 3.17. The van der Waals surface area contributed by atoms with E-state index < -0.39 is 32.7 Å². The van der Waals surface area contributed by atoms with Crippen LogP contribution < -0.4 is 22.1 Å². The molecule has 4 aliphatic rings. The summed E-state index contributed by atoms with van der Waals surface area (Å²) in [6, 6.07) is 0. The van der Waals surface area contributed by atoms with Crippen molar-refractivity contribution < 1.29 is 28.3 Å². The quantitative estimate of drug-likeness (QED) is 0.257. The minimum atomic E-state index is -4.17. The summed E-state index contributed by atoms with van der Waals surface area (Å²) in [5.41, 5.74) is 12.2. The van der Waals surface area contributed by atoms with E-state index in [2.05, 4.69) is 15.6 Å². The van der Waals surface area contributed by atoms with E-state index in [-0.39, 0.29) is 12.1 Å². The second-order valence-corrected chi connectivity index (χ2v) is 9.18. The van der Waals surface area contributed by atoms with E-state index >= 15 is 0 Å². The van der Waals surface area contributed by atoms with Crippen LogP contribution in [0.15, 0.2) is 16.5 Å². The normalized spacial score (nSPS) is 38.6. The molecule has 0 radical (unpaired) electrons. The number of amidine groups is 1. The van der Waals surface area contributed by atoms with Crippen LogP contribution in [0.5, 0.6) is 0 Å². The van der Waals surface area contributed by atoms with Gasteiger partial charge >= 0.3 is 160 Å². The third-order valence-corrected chi connectivity index (χ3v) is 6.97. The molecule has 27 heavy (non-hydrogen) atoms. The zero-order valence-corrected chi connectivity index (χ0v) is 16.5. The first-order chi connectivity index (χ1) is 12.9. The predicted molar refractivity (Wildman–Crippen MR) is 100.0 cm³/mol. The molecule has 0 saturated carbocycles. The van der Waals surface area contributed by atoms with Crippen LogP contribution >= 0.6 is 19.9 Å². The zero-order valence-electron chi connectivity index (χ0n) is 14.7. The van der Waals surface area contributed by atoms with Crippen molar-refractivity contribution in [3.8, 4) is 0 Å². The van der Waals surface area contributed by atoms with Gasteiger partial charge in [-0.2, -0.15) is 0 Å². The Morgan fingerprint density at radius 1 is 1.48 bits per heavy atom. The molecule has 0 amide bonds. The topological polar surface area (TPSA) is 169 Å². The number of nitrogens with one attached hydrogen (secondary N) is 2. The van der Waals surface area contributed by atoms with E-state index in [9.17, 15) is 9.79 Å². The van der Waals surface area contributed by atoms with Crippen molar-refractivity contribution in [2.45, 2.75) is 30.0 Å². The number of methoxy groups -OCH3 is 1. The fourth-order valence-electron chi connectivity index (χ4n) is 3.58. The van der Waals surface area contributed by atoms with Crippen molar-refractivity contribution in [3.05, 3.63) is 11.5 Å². The van der Waals surface area contributed by atoms with Gasteiger partial charge in [0.05, 0.1) is 0 Å². The molecule has 4 rings (SSSR count). The Morgan fingerprint density at radius 3 is 3.04 bits per heavy atom. The molecular weight excluding hydrogens is 399 g/mol. The fraction of sp³-hybridized carbons (Fsp3) is 0.769. The van der Waals surface area contributed by atoms with Crippen LogP contribution in [0.25, 0.3) is 0 Å². The molecule has 154 valence electrons. The van der Waals surface area contributed by atoms with E-state index in [1.54, 1.807) is 11.8 Å². The number of ether oxygens (including phenoxy) is 2. The van der Waals surface area contributed by atoms with Gasteiger partial charge in [-0.25, -0.2) is 0 Å². The maximum atomic E-state index is 9.82. The Balaban J connectivity index is 1.63. The van der Waals surface area contributed by atoms with Crippen LogP contribution in [0.4, 0.5) is 0 Å². The number of hydrogen-bond donors (Lipinski definition) is 6. The molecular formula is C13H25N6O6PS. The molecule has 5 atom stereocenters. The van der Waals surface area contributed by atoms with Crippen molar-refractivity contribution in [2.75, 3.05) is 32.7 Å². The van der Waals surface area contributed by atoms with Gasteiger partial charge in [0.1, 0.15) is 0 Å². The molecule has 0 aromatic heterocycles. The number of rotatable bonds is 5. The summed E-state index contributed by atoms with van der Waals surface area (Å²) < 4.78 is 22.2. The van der Waals surface area contributed by atoms with Gasteiger partial charge in [0.25, 0.3) is 0 Å². The van der Waals surface area contributed by atoms with E-state index in [1.807, 2.05) is 4.90 Å². The van der Waals surface area contributed by atoms with Gasteiger partial charge in [0, 0.05) is 0 Å². The number of nitrogens with zero attached hydrogens (tertiary/aromatic N) is 2. The van der Waals surface area contributed by atoms with E-state index in [0.717, 1.165) is 5.82 Å². The number of hydrogen-bond acceptors (Lipinski definition) is 13. The van der Waals surface area contributed by atoms with Crippen LogP contribution in [-0.4, -0.2) is 83.2 Å². The molecule has 14 heteroatoms. The predicted octanol–water partition coefficient (Wildman–Crippen LogP) is -2.50. The molecule has 2 unspecified atom stereocenters. The van der Waals surface area contributed by atoms with Crippen molar-refractivity contribution in [1.82, 2.24) is 15.5 Å². The summed E-state index contributed by atoms with van der Waals surface area (Å²) in [5, 5.41) is 6.56. The van der Waals surface area contributed by atoms with Crippen molar-refractivity contribution >= 4 is 25.8 Å². The Labute approximate surface area is 160 Å². The third kappa shape index (κ3) is 3.48. The number of fused-ring (bicyclic) bond motifs is 1. The molecule has 0 aromatic carbocycles. The van der Waals surface area contributed by atoms with Gasteiger partial charge in [-0.3, -0.25) is 0 Å². The molecule has 4 heterocycles. The molecule has 8 N–H and O–H groups in total. The summed E-state index contributed by atoms with van der Waals surface area (Å²) in [5.74, 6) is 1.87. The van der Waals surface area contributed by atoms with Crippen LogP contribution in [0.3, 0.4) is 0 Å². The SMILES string of the molecule is CO[C@@H]1[C@H](N2C3=C(NC2SCCN)C(N)=NCN3)OC2CO[PH](O)(O)O[C@@H]21. The standard InChI is InChI=1S/C13H25N6O6PS/c1-22-9-8-6(4-23-26(20,21)25-8)24-12(9)19-11-7(10(15)16-5-17-11)18-13(19)27-3-2-14/h6,8-9,12-13,17-18,20-21,26H,2-5,14H2,1H3,(H2,15,16)/t6?,8-,9-,12+,13?/m0/s1. The van der Waals surface area contributed by atoms with Gasteiger partial charge in [-0.15, -0.1) is 0 Å².